The van der Waals surface area contributed by atoms with Crippen molar-refractivity contribution in [2.75, 3.05) is 19.7 Å². The lowest BCUT2D eigenvalue weighted by Crippen LogP contribution is -2.39. The van der Waals surface area contributed by atoms with E-state index in [4.69, 9.17) is 16.3 Å². The third-order valence-electron chi connectivity index (χ3n) is 2.71. The Bertz CT molecular complexity index is 525. The second-order valence-electron chi connectivity index (χ2n) is 4.36. The van der Waals surface area contributed by atoms with Crippen LogP contribution in [-0.4, -0.2) is 41.6 Å². The van der Waals surface area contributed by atoms with Crippen LogP contribution in [0.5, 0.6) is 5.75 Å². The molecule has 1 aromatic carbocycles. The number of aryl methyl sites for hydroxylation is 2. The minimum absolute atomic E-state index is 0.0543. The first-order valence-electron chi connectivity index (χ1n) is 6.07. The molecule has 1 N–H and O–H groups in total. The van der Waals surface area contributed by atoms with Crippen molar-refractivity contribution >= 4 is 11.9 Å². The number of para-hydroxylation sites is 1. The molecule has 5 heteroatoms. The molecule has 0 aliphatic carbocycles. The number of hydrogen-bond acceptors (Lipinski definition) is 3. The third-order valence-corrected chi connectivity index (χ3v) is 2.71. The molecule has 0 spiro atoms. The van der Waals surface area contributed by atoms with Gasteiger partial charge in [0.05, 0.1) is 6.54 Å². The molecule has 0 fully saturated rings. The molecule has 1 rings (SSSR count). The molecule has 0 heterocycles. The summed E-state index contributed by atoms with van der Waals surface area (Å²) in [5.74, 6) is 1.34. The van der Waals surface area contributed by atoms with Gasteiger partial charge in [-0.15, -0.1) is 6.42 Å². The Hall–Kier alpha value is -2.48. The maximum absolute atomic E-state index is 11.9. The van der Waals surface area contributed by atoms with Crippen molar-refractivity contribution in [2.24, 2.45) is 0 Å². The average molecular weight is 275 g/mol. The van der Waals surface area contributed by atoms with E-state index in [0.717, 1.165) is 16.0 Å². The lowest BCUT2D eigenvalue weighted by molar-refractivity contribution is -0.144. The van der Waals surface area contributed by atoms with Crippen LogP contribution in [0.3, 0.4) is 0 Å². The molecule has 0 bridgehead atoms. The van der Waals surface area contributed by atoms with Crippen molar-refractivity contribution < 1.29 is 19.4 Å². The van der Waals surface area contributed by atoms with Crippen LogP contribution >= 0.6 is 0 Å². The van der Waals surface area contributed by atoms with Gasteiger partial charge in [-0.3, -0.25) is 9.59 Å². The maximum atomic E-state index is 11.9. The number of hydrogen-bond donors (Lipinski definition) is 1. The molecule has 0 atom stereocenters. The molecular formula is C15H17NO4. The van der Waals surface area contributed by atoms with Gasteiger partial charge in [0.15, 0.2) is 6.61 Å². The highest BCUT2D eigenvalue weighted by Crippen LogP contribution is 2.22. The van der Waals surface area contributed by atoms with Crippen LogP contribution in [0.2, 0.25) is 0 Å². The third kappa shape index (κ3) is 4.32. The summed E-state index contributed by atoms with van der Waals surface area (Å²) in [6.45, 7) is 3.04. The lowest BCUT2D eigenvalue weighted by atomic mass is 10.1. The number of rotatable bonds is 6. The summed E-state index contributed by atoms with van der Waals surface area (Å²) in [6, 6.07) is 5.65. The van der Waals surface area contributed by atoms with Gasteiger partial charge in [-0.1, -0.05) is 24.1 Å². The van der Waals surface area contributed by atoms with E-state index in [2.05, 4.69) is 5.92 Å². The SMILES string of the molecule is C#CCN(CC(=O)O)C(=O)COc1c(C)cccc1C. The van der Waals surface area contributed by atoms with E-state index in [1.807, 2.05) is 32.0 Å². The number of benzene rings is 1. The fourth-order valence-electron chi connectivity index (χ4n) is 1.76. The number of carbonyl (C=O) groups excluding carboxylic acids is 1. The second-order valence-corrected chi connectivity index (χ2v) is 4.36. The molecule has 0 radical (unpaired) electrons. The smallest absolute Gasteiger partial charge is 0.323 e. The Morgan fingerprint density at radius 1 is 1.35 bits per heavy atom. The van der Waals surface area contributed by atoms with E-state index >= 15 is 0 Å². The molecule has 1 aromatic rings. The van der Waals surface area contributed by atoms with Gasteiger partial charge in [-0.25, -0.2) is 0 Å². The summed E-state index contributed by atoms with van der Waals surface area (Å²) in [5, 5.41) is 8.73. The molecule has 0 saturated heterocycles. The molecule has 0 aliphatic heterocycles. The van der Waals surface area contributed by atoms with E-state index < -0.39 is 18.4 Å². The number of nitrogens with zero attached hydrogens (tertiary/aromatic N) is 1. The largest absolute Gasteiger partial charge is 0.483 e. The van der Waals surface area contributed by atoms with Crippen molar-refractivity contribution in [3.05, 3.63) is 29.3 Å². The summed E-state index contributed by atoms with van der Waals surface area (Å²) < 4.78 is 5.49. The zero-order valence-corrected chi connectivity index (χ0v) is 11.5. The summed E-state index contributed by atoms with van der Waals surface area (Å²) in [4.78, 5) is 23.6. The molecule has 1 amide bonds. The fourth-order valence-corrected chi connectivity index (χ4v) is 1.76. The summed E-state index contributed by atoms with van der Waals surface area (Å²) in [5.41, 5.74) is 1.83. The van der Waals surface area contributed by atoms with Gasteiger partial charge in [0.1, 0.15) is 12.3 Å². The number of amides is 1. The highest BCUT2D eigenvalue weighted by atomic mass is 16.5. The van der Waals surface area contributed by atoms with Crippen molar-refractivity contribution in [1.82, 2.24) is 4.90 Å². The van der Waals surface area contributed by atoms with Gasteiger partial charge in [0, 0.05) is 0 Å². The lowest BCUT2D eigenvalue weighted by Gasteiger charge is -2.19. The maximum Gasteiger partial charge on any atom is 0.323 e. The first-order valence-corrected chi connectivity index (χ1v) is 6.07. The minimum atomic E-state index is -1.11. The molecule has 20 heavy (non-hydrogen) atoms. The van der Waals surface area contributed by atoms with Gasteiger partial charge in [-0.05, 0) is 25.0 Å². The Kier molecular flexibility index (Phi) is 5.60. The summed E-state index contributed by atoms with van der Waals surface area (Å²) in [6.07, 6.45) is 5.12. The van der Waals surface area contributed by atoms with Crippen LogP contribution in [-0.2, 0) is 9.59 Å². The number of terminal acetylenes is 1. The number of carboxylic acids is 1. The molecule has 106 valence electrons. The number of aliphatic carboxylic acids is 1. The predicted molar refractivity (Wildman–Crippen MR) is 74.5 cm³/mol. The highest BCUT2D eigenvalue weighted by molar-refractivity contribution is 5.82. The highest BCUT2D eigenvalue weighted by Gasteiger charge is 2.17. The average Bonchev–Trinajstić information content (AvgIpc) is 2.37. The van der Waals surface area contributed by atoms with Crippen molar-refractivity contribution in [3.8, 4) is 18.1 Å². The fraction of sp³-hybridized carbons (Fsp3) is 0.333. The Morgan fingerprint density at radius 2 is 1.95 bits per heavy atom. The second kappa shape index (κ2) is 7.19. The number of carboxylic acid groups (broad SMARTS) is 1. The molecule has 0 aromatic heterocycles. The standard InChI is InChI=1S/C15H17NO4/c1-4-8-16(9-14(18)19)13(17)10-20-15-11(2)6-5-7-12(15)3/h1,5-7H,8-10H2,2-3H3,(H,18,19). The summed E-state index contributed by atoms with van der Waals surface area (Å²) >= 11 is 0. The van der Waals surface area contributed by atoms with E-state index in [9.17, 15) is 9.59 Å². The minimum Gasteiger partial charge on any atom is -0.483 e. The monoisotopic (exact) mass is 275 g/mol. The van der Waals surface area contributed by atoms with Crippen LogP contribution in [0.15, 0.2) is 18.2 Å². The molecule has 0 unspecified atom stereocenters. The van der Waals surface area contributed by atoms with Crippen LogP contribution in [0.25, 0.3) is 0 Å². The number of carbonyl (C=O) groups is 2. The van der Waals surface area contributed by atoms with Crippen LogP contribution in [0.1, 0.15) is 11.1 Å². The van der Waals surface area contributed by atoms with E-state index in [1.54, 1.807) is 0 Å². The van der Waals surface area contributed by atoms with Gasteiger partial charge >= 0.3 is 5.97 Å². The molecule has 0 aliphatic rings. The Balaban J connectivity index is 2.70. The Labute approximate surface area is 118 Å². The van der Waals surface area contributed by atoms with Gasteiger partial charge in [0.2, 0.25) is 0 Å². The predicted octanol–water partition coefficient (Wildman–Crippen LogP) is 1.23. The van der Waals surface area contributed by atoms with E-state index in [1.165, 1.54) is 0 Å². The zero-order chi connectivity index (χ0) is 15.1. The molecule has 0 saturated carbocycles. The van der Waals surface area contributed by atoms with Crippen molar-refractivity contribution in [2.45, 2.75) is 13.8 Å². The molecular weight excluding hydrogens is 258 g/mol. The zero-order valence-electron chi connectivity index (χ0n) is 11.5. The quantitative estimate of drug-likeness (QED) is 0.793. The topological polar surface area (TPSA) is 66.8 Å². The van der Waals surface area contributed by atoms with Crippen LogP contribution < -0.4 is 4.74 Å². The van der Waals surface area contributed by atoms with Crippen LogP contribution in [0.4, 0.5) is 0 Å². The van der Waals surface area contributed by atoms with Crippen molar-refractivity contribution in [1.29, 1.82) is 0 Å². The normalized spacial score (nSPS) is 9.65. The number of ether oxygens (including phenoxy) is 1. The van der Waals surface area contributed by atoms with Crippen molar-refractivity contribution in [3.63, 3.8) is 0 Å². The van der Waals surface area contributed by atoms with Crippen LogP contribution in [0, 0.1) is 26.2 Å². The molecule has 5 nitrogen and oxygen atoms in total. The van der Waals surface area contributed by atoms with E-state index in [0.29, 0.717) is 5.75 Å². The first kappa shape index (κ1) is 15.6. The Morgan fingerprint density at radius 3 is 2.45 bits per heavy atom. The van der Waals surface area contributed by atoms with Gasteiger partial charge in [0.25, 0.3) is 5.91 Å². The van der Waals surface area contributed by atoms with E-state index in [-0.39, 0.29) is 13.2 Å². The van der Waals surface area contributed by atoms with Gasteiger partial charge in [-0.2, -0.15) is 0 Å². The summed E-state index contributed by atoms with van der Waals surface area (Å²) in [7, 11) is 0. The first-order chi connectivity index (χ1) is 9.45. The van der Waals surface area contributed by atoms with Gasteiger partial charge < -0.3 is 14.7 Å².